The van der Waals surface area contributed by atoms with Crippen molar-refractivity contribution in [2.75, 3.05) is 5.32 Å². The van der Waals surface area contributed by atoms with Crippen molar-refractivity contribution in [3.8, 4) is 17.0 Å². The quantitative estimate of drug-likeness (QED) is 0.460. The molecular formula is C21H16F3N5O4S. The summed E-state index contributed by atoms with van der Waals surface area (Å²) in [5.74, 6) is -0.896. The Balaban J connectivity index is 1.55. The Bertz CT molecular complexity index is 1520. The fourth-order valence-electron chi connectivity index (χ4n) is 3.35. The van der Waals surface area contributed by atoms with Crippen LogP contribution in [0.25, 0.3) is 22.2 Å². The number of hydrogen-bond donors (Lipinski definition) is 1. The fraction of sp³-hybridized carbons (Fsp3) is 0.190. The molecule has 9 nitrogen and oxygen atoms in total. The van der Waals surface area contributed by atoms with E-state index in [1.54, 1.807) is 11.4 Å². The van der Waals surface area contributed by atoms with Crippen molar-refractivity contribution in [3.63, 3.8) is 0 Å². The second kappa shape index (κ2) is 8.74. The molecule has 0 fully saturated rings. The van der Waals surface area contributed by atoms with E-state index < -0.39 is 23.5 Å². The fourth-order valence-corrected chi connectivity index (χ4v) is 4.09. The van der Waals surface area contributed by atoms with Crippen LogP contribution in [0.15, 0.2) is 51.5 Å². The summed E-state index contributed by atoms with van der Waals surface area (Å²) in [4.78, 5) is 45.8. The van der Waals surface area contributed by atoms with Gasteiger partial charge in [-0.05, 0) is 18.2 Å². The Morgan fingerprint density at radius 2 is 1.94 bits per heavy atom. The molecule has 1 amide bonds. The predicted octanol–water partition coefficient (Wildman–Crippen LogP) is 2.84. The third kappa shape index (κ3) is 4.69. The summed E-state index contributed by atoms with van der Waals surface area (Å²) in [6.07, 6.45) is -3.67. The smallest absolute Gasteiger partial charge is 0.406 e. The number of nitrogens with one attached hydrogen (secondary N) is 1. The number of carbonyl (C=O) groups excluding carboxylic acids is 1. The second-order valence-corrected chi connectivity index (χ2v) is 8.05. The van der Waals surface area contributed by atoms with Crippen LogP contribution in [0.4, 0.5) is 18.3 Å². The molecule has 0 atom stereocenters. The van der Waals surface area contributed by atoms with Gasteiger partial charge in [-0.25, -0.2) is 9.78 Å². The van der Waals surface area contributed by atoms with Gasteiger partial charge in [-0.15, -0.1) is 24.5 Å². The number of pyridine rings is 1. The van der Waals surface area contributed by atoms with Gasteiger partial charge in [0.25, 0.3) is 5.56 Å². The van der Waals surface area contributed by atoms with Gasteiger partial charge in [-0.1, -0.05) is 12.1 Å². The molecule has 0 aliphatic heterocycles. The lowest BCUT2D eigenvalue weighted by Crippen LogP contribution is -2.37. The van der Waals surface area contributed by atoms with Crippen molar-refractivity contribution in [1.29, 1.82) is 0 Å². The summed E-state index contributed by atoms with van der Waals surface area (Å²) in [5, 5.41) is 4.54. The van der Waals surface area contributed by atoms with Crippen LogP contribution in [-0.4, -0.2) is 31.4 Å². The number of rotatable bonds is 5. The Kier molecular flexibility index (Phi) is 5.96. The number of amides is 1. The largest absolute Gasteiger partial charge is 0.573 e. The minimum absolute atomic E-state index is 0.156. The highest BCUT2D eigenvalue weighted by Gasteiger charge is 2.31. The number of ether oxygens (including phenoxy) is 1. The van der Waals surface area contributed by atoms with Crippen LogP contribution in [0.3, 0.4) is 0 Å². The number of aromatic nitrogens is 4. The van der Waals surface area contributed by atoms with Crippen LogP contribution >= 0.6 is 11.3 Å². The van der Waals surface area contributed by atoms with Crippen LogP contribution in [0.5, 0.6) is 5.75 Å². The van der Waals surface area contributed by atoms with Gasteiger partial charge in [0, 0.05) is 31.2 Å². The number of nitrogens with zero attached hydrogens (tertiary/aromatic N) is 4. The zero-order chi connectivity index (χ0) is 24.6. The normalized spacial score (nSPS) is 11.6. The molecule has 176 valence electrons. The number of halogens is 3. The number of aryl methyl sites for hydroxylation is 1. The van der Waals surface area contributed by atoms with Gasteiger partial charge in [-0.2, -0.15) is 0 Å². The molecule has 0 aliphatic carbocycles. The molecule has 0 saturated heterocycles. The summed E-state index contributed by atoms with van der Waals surface area (Å²) in [5.41, 5.74) is 0.202. The van der Waals surface area contributed by atoms with E-state index in [2.05, 4.69) is 20.0 Å². The molecule has 1 aromatic carbocycles. The van der Waals surface area contributed by atoms with Crippen LogP contribution in [0, 0.1) is 0 Å². The lowest BCUT2D eigenvalue weighted by atomic mass is 10.1. The highest BCUT2D eigenvalue weighted by Crippen LogP contribution is 2.30. The first-order valence-electron chi connectivity index (χ1n) is 9.68. The van der Waals surface area contributed by atoms with Crippen LogP contribution in [-0.2, 0) is 25.3 Å². The molecule has 0 spiro atoms. The molecule has 3 aromatic heterocycles. The molecule has 0 aliphatic rings. The predicted molar refractivity (Wildman–Crippen MR) is 119 cm³/mol. The minimum atomic E-state index is -4.82. The van der Waals surface area contributed by atoms with Gasteiger partial charge in [-0.3, -0.25) is 23.7 Å². The minimum Gasteiger partial charge on any atom is -0.406 e. The Morgan fingerprint density at radius 1 is 1.18 bits per heavy atom. The molecule has 0 radical (unpaired) electrons. The second-order valence-electron chi connectivity index (χ2n) is 7.20. The standard InChI is InChI=1S/C21H16F3N5O4S/c1-28-15-6-7-25-13(17(15)18(31)29(2)20(28)32)9-16(30)27-19-26-14(10-34-19)11-4-3-5-12(8-11)33-21(22,23)24/h3-8,10H,9H2,1-2H3,(H,26,27,30). The third-order valence-electron chi connectivity index (χ3n) is 4.90. The number of hydrogen-bond acceptors (Lipinski definition) is 7. The topological polar surface area (TPSA) is 108 Å². The van der Waals surface area contributed by atoms with E-state index in [4.69, 9.17) is 0 Å². The number of benzene rings is 1. The first kappa shape index (κ1) is 23.2. The monoisotopic (exact) mass is 491 g/mol. The third-order valence-corrected chi connectivity index (χ3v) is 5.66. The number of alkyl halides is 3. The highest BCUT2D eigenvalue weighted by atomic mass is 32.1. The summed E-state index contributed by atoms with van der Waals surface area (Å²) < 4.78 is 43.5. The number of thiazole rings is 1. The zero-order valence-corrected chi connectivity index (χ0v) is 18.5. The first-order chi connectivity index (χ1) is 16.0. The summed E-state index contributed by atoms with van der Waals surface area (Å²) >= 11 is 1.08. The molecule has 0 bridgehead atoms. The van der Waals surface area contributed by atoms with Gasteiger partial charge in [0.1, 0.15) is 5.75 Å². The van der Waals surface area contributed by atoms with E-state index in [0.29, 0.717) is 16.8 Å². The average molecular weight is 491 g/mol. The Hall–Kier alpha value is -4.00. The van der Waals surface area contributed by atoms with Gasteiger partial charge < -0.3 is 10.1 Å². The number of carbonyl (C=O) groups is 1. The van der Waals surface area contributed by atoms with Crippen LogP contribution < -0.4 is 21.3 Å². The van der Waals surface area contributed by atoms with E-state index in [9.17, 15) is 27.6 Å². The molecule has 1 N–H and O–H groups in total. The summed E-state index contributed by atoms with van der Waals surface area (Å²) in [7, 11) is 2.85. The van der Waals surface area contributed by atoms with Crippen molar-refractivity contribution in [2.45, 2.75) is 12.8 Å². The van der Waals surface area contributed by atoms with Crippen molar-refractivity contribution in [1.82, 2.24) is 19.1 Å². The van der Waals surface area contributed by atoms with Crippen LogP contribution in [0.1, 0.15) is 5.69 Å². The maximum absolute atomic E-state index is 12.6. The molecule has 3 heterocycles. The Morgan fingerprint density at radius 3 is 2.68 bits per heavy atom. The van der Waals surface area contributed by atoms with E-state index in [0.717, 1.165) is 15.9 Å². The summed E-state index contributed by atoms with van der Waals surface area (Å²) in [6.45, 7) is 0. The van der Waals surface area contributed by atoms with Gasteiger partial charge in [0.15, 0.2) is 5.13 Å². The van der Waals surface area contributed by atoms with E-state index in [1.807, 2.05) is 0 Å². The van der Waals surface area contributed by atoms with E-state index in [1.165, 1.54) is 49.1 Å². The van der Waals surface area contributed by atoms with Crippen molar-refractivity contribution >= 4 is 33.3 Å². The maximum Gasteiger partial charge on any atom is 0.573 e. The van der Waals surface area contributed by atoms with Crippen molar-refractivity contribution in [2.24, 2.45) is 14.1 Å². The van der Waals surface area contributed by atoms with Gasteiger partial charge in [0.05, 0.1) is 28.7 Å². The molecule has 4 rings (SSSR count). The molecular weight excluding hydrogens is 475 g/mol. The number of anilines is 1. The van der Waals surface area contributed by atoms with Gasteiger partial charge >= 0.3 is 12.1 Å². The lowest BCUT2D eigenvalue weighted by molar-refractivity contribution is -0.274. The van der Waals surface area contributed by atoms with E-state index in [-0.39, 0.29) is 28.4 Å². The van der Waals surface area contributed by atoms with Crippen LogP contribution in [0.2, 0.25) is 0 Å². The van der Waals surface area contributed by atoms with Gasteiger partial charge in [0.2, 0.25) is 5.91 Å². The maximum atomic E-state index is 12.6. The van der Waals surface area contributed by atoms with Crippen molar-refractivity contribution in [3.05, 3.63) is 68.4 Å². The number of fused-ring (bicyclic) bond motifs is 1. The summed E-state index contributed by atoms with van der Waals surface area (Å²) in [6, 6.07) is 6.83. The van der Waals surface area contributed by atoms with Crippen molar-refractivity contribution < 1.29 is 22.7 Å². The highest BCUT2D eigenvalue weighted by molar-refractivity contribution is 7.14. The SMILES string of the molecule is Cn1c(=O)c2c(CC(=O)Nc3nc(-c4cccc(OC(F)(F)F)c4)cs3)nccc2n(C)c1=O. The average Bonchev–Trinajstić information content (AvgIpc) is 3.23. The Labute approximate surface area is 193 Å². The molecule has 4 aromatic rings. The molecule has 0 saturated carbocycles. The first-order valence-corrected chi connectivity index (χ1v) is 10.6. The molecule has 0 unspecified atom stereocenters. The molecule has 13 heteroatoms. The zero-order valence-electron chi connectivity index (χ0n) is 17.7. The molecule has 34 heavy (non-hydrogen) atoms. The lowest BCUT2D eigenvalue weighted by Gasteiger charge is -2.10. The van der Waals surface area contributed by atoms with E-state index >= 15 is 0 Å².